The third kappa shape index (κ3) is 11.4. The highest BCUT2D eigenvalue weighted by molar-refractivity contribution is 6.02. The fraction of sp³-hybridized carbons (Fsp3) is 0.571. The molecule has 0 aromatic heterocycles. The van der Waals surface area contributed by atoms with E-state index in [-0.39, 0.29) is 62.3 Å². The second-order valence-corrected chi connectivity index (χ2v) is 7.22. The molecule has 1 aromatic carbocycles. The standard InChI is InChI=1S/C21H32N4O10/c1-3-14(35-25(30)31)5-4-6-17(26)23-9-10-33-11-12-34-13-18(27)24-15-7-8-16(32-2)19(20(15)28)21(22)29/h7-8,14,28H,3-6,9-13H2,1-2H3,(H2,22,29)(H,23,26)(H,24,27). The van der Waals surface area contributed by atoms with Gasteiger partial charge < -0.3 is 40.5 Å². The number of anilines is 1. The van der Waals surface area contributed by atoms with Gasteiger partial charge in [-0.2, -0.15) is 0 Å². The van der Waals surface area contributed by atoms with Gasteiger partial charge in [0.05, 0.1) is 32.6 Å². The van der Waals surface area contributed by atoms with E-state index in [9.17, 15) is 29.6 Å². The van der Waals surface area contributed by atoms with E-state index in [4.69, 9.17) is 19.9 Å². The molecule has 0 spiro atoms. The molecule has 14 heteroatoms. The van der Waals surface area contributed by atoms with E-state index in [1.165, 1.54) is 19.2 Å². The zero-order valence-corrected chi connectivity index (χ0v) is 19.7. The van der Waals surface area contributed by atoms with Crippen LogP contribution < -0.4 is 21.1 Å². The van der Waals surface area contributed by atoms with Crippen molar-refractivity contribution in [1.82, 2.24) is 5.32 Å². The van der Waals surface area contributed by atoms with Crippen LogP contribution in [0.2, 0.25) is 0 Å². The number of carbonyl (C=O) groups is 3. The number of hydrogen-bond acceptors (Lipinski definition) is 10. The molecule has 0 bridgehead atoms. The van der Waals surface area contributed by atoms with Gasteiger partial charge in [0.25, 0.3) is 11.0 Å². The summed E-state index contributed by atoms with van der Waals surface area (Å²) >= 11 is 0. The first-order valence-corrected chi connectivity index (χ1v) is 10.9. The number of nitrogens with zero attached hydrogens (tertiary/aromatic N) is 1. The molecule has 0 aliphatic rings. The molecular formula is C21H32N4O10. The Morgan fingerprint density at radius 1 is 1.17 bits per heavy atom. The quantitative estimate of drug-likeness (QED) is 0.0963. The predicted molar refractivity (Wildman–Crippen MR) is 122 cm³/mol. The maximum Gasteiger partial charge on any atom is 0.294 e. The summed E-state index contributed by atoms with van der Waals surface area (Å²) < 4.78 is 15.5. The Balaban J connectivity index is 2.16. The smallest absolute Gasteiger partial charge is 0.294 e. The van der Waals surface area contributed by atoms with E-state index >= 15 is 0 Å². The zero-order valence-electron chi connectivity index (χ0n) is 19.7. The Labute approximate surface area is 202 Å². The van der Waals surface area contributed by atoms with Crippen molar-refractivity contribution >= 4 is 23.4 Å². The molecule has 0 aliphatic heterocycles. The van der Waals surface area contributed by atoms with Crippen LogP contribution in [-0.4, -0.2) is 74.1 Å². The lowest BCUT2D eigenvalue weighted by atomic mass is 10.1. The van der Waals surface area contributed by atoms with Crippen molar-refractivity contribution < 1.29 is 43.6 Å². The highest BCUT2D eigenvalue weighted by Gasteiger charge is 2.19. The molecule has 35 heavy (non-hydrogen) atoms. The zero-order chi connectivity index (χ0) is 26.2. The number of rotatable bonds is 18. The average molecular weight is 501 g/mol. The van der Waals surface area contributed by atoms with E-state index in [2.05, 4.69) is 15.5 Å². The first-order chi connectivity index (χ1) is 16.7. The van der Waals surface area contributed by atoms with Gasteiger partial charge in [0, 0.05) is 13.0 Å². The van der Waals surface area contributed by atoms with Crippen LogP contribution in [-0.2, 0) is 23.9 Å². The molecule has 0 aliphatic carbocycles. The van der Waals surface area contributed by atoms with Crippen LogP contribution in [0, 0.1) is 10.1 Å². The normalized spacial score (nSPS) is 11.4. The Hall–Kier alpha value is -3.65. The molecule has 5 N–H and O–H groups in total. The van der Waals surface area contributed by atoms with E-state index in [1.807, 2.05) is 0 Å². The maximum absolute atomic E-state index is 12.0. The SMILES string of the molecule is CCC(CCCC(=O)NCCOCCOCC(=O)Nc1ccc(OC)c(C(N)=O)c1O)O[N+](=O)[O-]. The molecular weight excluding hydrogens is 468 g/mol. The lowest BCUT2D eigenvalue weighted by Crippen LogP contribution is -2.28. The summed E-state index contributed by atoms with van der Waals surface area (Å²) in [6.45, 7) is 2.25. The molecule has 14 nitrogen and oxygen atoms in total. The molecule has 3 amide bonds. The molecule has 196 valence electrons. The largest absolute Gasteiger partial charge is 0.505 e. The Bertz CT molecular complexity index is 865. The minimum absolute atomic E-state index is 0.0179. The first kappa shape index (κ1) is 29.4. The third-order valence-electron chi connectivity index (χ3n) is 4.67. The van der Waals surface area contributed by atoms with Gasteiger partial charge in [0.1, 0.15) is 24.0 Å². The number of hydrogen-bond donors (Lipinski definition) is 4. The second kappa shape index (κ2) is 16.1. The second-order valence-electron chi connectivity index (χ2n) is 7.22. The third-order valence-corrected chi connectivity index (χ3v) is 4.67. The summed E-state index contributed by atoms with van der Waals surface area (Å²) in [6, 6.07) is 2.74. The number of methoxy groups -OCH3 is 1. The van der Waals surface area contributed by atoms with Gasteiger partial charge in [0.15, 0.2) is 5.75 Å². The van der Waals surface area contributed by atoms with Gasteiger partial charge in [0.2, 0.25) is 11.8 Å². The van der Waals surface area contributed by atoms with Gasteiger partial charge in [-0.25, -0.2) is 0 Å². The number of nitrogens with one attached hydrogen (secondary N) is 2. The Morgan fingerprint density at radius 2 is 1.89 bits per heavy atom. The van der Waals surface area contributed by atoms with Gasteiger partial charge in [-0.1, -0.05) is 6.92 Å². The molecule has 0 radical (unpaired) electrons. The molecule has 1 unspecified atom stereocenters. The van der Waals surface area contributed by atoms with Crippen molar-refractivity contribution in [1.29, 1.82) is 0 Å². The van der Waals surface area contributed by atoms with Crippen molar-refractivity contribution in [3.05, 3.63) is 27.8 Å². The number of phenols is 1. The van der Waals surface area contributed by atoms with Crippen molar-refractivity contribution in [3.8, 4) is 11.5 Å². The summed E-state index contributed by atoms with van der Waals surface area (Å²) in [7, 11) is 1.31. The van der Waals surface area contributed by atoms with Crippen LogP contribution in [0.1, 0.15) is 43.0 Å². The predicted octanol–water partition coefficient (Wildman–Crippen LogP) is 0.745. The van der Waals surface area contributed by atoms with Crippen molar-refractivity contribution in [2.24, 2.45) is 5.73 Å². The number of primary amides is 1. The van der Waals surface area contributed by atoms with Crippen molar-refractivity contribution in [2.75, 3.05) is 45.4 Å². The molecule has 1 rings (SSSR count). The summed E-state index contributed by atoms with van der Waals surface area (Å²) in [4.78, 5) is 50.1. The van der Waals surface area contributed by atoms with E-state index in [0.717, 1.165) is 0 Å². The van der Waals surface area contributed by atoms with Crippen LogP contribution in [0.4, 0.5) is 5.69 Å². The molecule has 0 saturated heterocycles. The number of ether oxygens (including phenoxy) is 3. The van der Waals surface area contributed by atoms with Crippen LogP contribution in [0.3, 0.4) is 0 Å². The molecule has 1 aromatic rings. The number of benzene rings is 1. The average Bonchev–Trinajstić information content (AvgIpc) is 2.80. The highest BCUT2D eigenvalue weighted by Crippen LogP contribution is 2.34. The van der Waals surface area contributed by atoms with Crippen LogP contribution in [0.5, 0.6) is 11.5 Å². The molecule has 0 fully saturated rings. The molecule has 0 heterocycles. The highest BCUT2D eigenvalue weighted by atomic mass is 17.0. The van der Waals surface area contributed by atoms with Crippen LogP contribution in [0.15, 0.2) is 12.1 Å². The van der Waals surface area contributed by atoms with Gasteiger partial charge in [-0.05, 0) is 31.4 Å². The lowest BCUT2D eigenvalue weighted by Gasteiger charge is -2.13. The van der Waals surface area contributed by atoms with Crippen molar-refractivity contribution in [3.63, 3.8) is 0 Å². The van der Waals surface area contributed by atoms with E-state index in [1.54, 1.807) is 6.92 Å². The number of nitrogens with two attached hydrogens (primary N) is 1. The fourth-order valence-electron chi connectivity index (χ4n) is 2.95. The van der Waals surface area contributed by atoms with Gasteiger partial charge in [-0.15, -0.1) is 10.1 Å². The lowest BCUT2D eigenvalue weighted by molar-refractivity contribution is -0.768. The van der Waals surface area contributed by atoms with Gasteiger partial charge in [-0.3, -0.25) is 14.4 Å². The summed E-state index contributed by atoms with van der Waals surface area (Å²) in [5.74, 6) is -2.11. The Kier molecular flexibility index (Phi) is 13.5. The summed E-state index contributed by atoms with van der Waals surface area (Å²) in [5.41, 5.74) is 4.96. The molecule has 1 atom stereocenters. The van der Waals surface area contributed by atoms with Crippen LogP contribution >= 0.6 is 0 Å². The topological polar surface area (TPSA) is 202 Å². The monoisotopic (exact) mass is 500 g/mol. The minimum atomic E-state index is -0.910. The minimum Gasteiger partial charge on any atom is -0.505 e. The first-order valence-electron chi connectivity index (χ1n) is 10.9. The Morgan fingerprint density at radius 3 is 2.51 bits per heavy atom. The molecule has 0 saturated carbocycles. The maximum atomic E-state index is 12.0. The number of amides is 3. The summed E-state index contributed by atoms with van der Waals surface area (Å²) in [5, 5.41) is 24.7. The van der Waals surface area contributed by atoms with Crippen LogP contribution in [0.25, 0.3) is 0 Å². The fourth-order valence-corrected chi connectivity index (χ4v) is 2.95. The number of aromatic hydroxyl groups is 1. The van der Waals surface area contributed by atoms with Crippen molar-refractivity contribution in [2.45, 2.75) is 38.7 Å². The van der Waals surface area contributed by atoms with E-state index in [0.29, 0.717) is 19.3 Å². The van der Waals surface area contributed by atoms with E-state index < -0.39 is 28.8 Å². The number of carbonyl (C=O) groups excluding carboxylic acids is 3. The van der Waals surface area contributed by atoms with Gasteiger partial charge >= 0.3 is 0 Å². The summed E-state index contributed by atoms with van der Waals surface area (Å²) in [6.07, 6.45) is 1.07.